The van der Waals surface area contributed by atoms with E-state index in [1.54, 1.807) is 11.8 Å². The number of rotatable bonds is 6. The molecule has 1 unspecified atom stereocenters. The van der Waals surface area contributed by atoms with Gasteiger partial charge >= 0.3 is 0 Å². The van der Waals surface area contributed by atoms with E-state index in [0.29, 0.717) is 24.3 Å². The van der Waals surface area contributed by atoms with Crippen molar-refractivity contribution in [2.75, 3.05) is 25.1 Å². The molecule has 4 heteroatoms. The van der Waals surface area contributed by atoms with Crippen molar-refractivity contribution in [1.82, 2.24) is 4.90 Å². The Labute approximate surface area is 109 Å². The molecule has 1 rings (SSSR count). The molecule has 1 aliphatic rings. The monoisotopic (exact) mass is 258 g/mol. The largest absolute Gasteiger partial charge is 0.342 e. The van der Waals surface area contributed by atoms with Crippen molar-refractivity contribution in [3.8, 4) is 0 Å². The molecule has 0 aromatic carbocycles. The predicted molar refractivity (Wildman–Crippen MR) is 75.2 cm³/mol. The molecule has 2 N–H and O–H groups in total. The molecular formula is C13H26N2OS. The third-order valence-corrected chi connectivity index (χ3v) is 4.80. The molecule has 1 atom stereocenters. The molecular weight excluding hydrogens is 232 g/mol. The molecule has 0 radical (unpaired) electrons. The lowest BCUT2D eigenvalue weighted by molar-refractivity contribution is -0.129. The Kier molecular flexibility index (Phi) is 6.97. The number of carbonyl (C=O) groups excluding carboxylic acids is 1. The summed E-state index contributed by atoms with van der Waals surface area (Å²) in [5.74, 6) is 2.39. The van der Waals surface area contributed by atoms with Gasteiger partial charge in [-0.2, -0.15) is 11.8 Å². The van der Waals surface area contributed by atoms with Crippen LogP contribution >= 0.6 is 11.8 Å². The van der Waals surface area contributed by atoms with E-state index in [2.05, 4.69) is 6.92 Å². The topological polar surface area (TPSA) is 46.3 Å². The molecule has 0 aromatic rings. The highest BCUT2D eigenvalue weighted by Crippen LogP contribution is 2.22. The van der Waals surface area contributed by atoms with Gasteiger partial charge in [-0.3, -0.25) is 4.79 Å². The maximum atomic E-state index is 12.0. The molecule has 17 heavy (non-hydrogen) atoms. The SMILES string of the molecule is CC(CN)CSCC(=O)N(C)C1CCCCC1. The van der Waals surface area contributed by atoms with Gasteiger partial charge in [0, 0.05) is 13.1 Å². The van der Waals surface area contributed by atoms with Gasteiger partial charge < -0.3 is 10.6 Å². The Balaban J connectivity index is 2.21. The van der Waals surface area contributed by atoms with Crippen LogP contribution in [-0.4, -0.2) is 41.9 Å². The fraction of sp³-hybridized carbons (Fsp3) is 0.923. The number of hydrogen-bond acceptors (Lipinski definition) is 3. The summed E-state index contributed by atoms with van der Waals surface area (Å²) >= 11 is 1.72. The van der Waals surface area contributed by atoms with Gasteiger partial charge in [-0.05, 0) is 31.1 Å². The summed E-state index contributed by atoms with van der Waals surface area (Å²) in [6.07, 6.45) is 6.26. The normalized spacial score (nSPS) is 19.0. The van der Waals surface area contributed by atoms with E-state index < -0.39 is 0 Å². The number of carbonyl (C=O) groups is 1. The first kappa shape index (κ1) is 14.8. The van der Waals surface area contributed by atoms with E-state index in [1.165, 1.54) is 32.1 Å². The van der Waals surface area contributed by atoms with E-state index in [4.69, 9.17) is 5.73 Å². The Morgan fingerprint density at radius 1 is 1.41 bits per heavy atom. The Bertz CT molecular complexity index is 229. The minimum Gasteiger partial charge on any atom is -0.342 e. The second-order valence-electron chi connectivity index (χ2n) is 5.15. The van der Waals surface area contributed by atoms with Gasteiger partial charge in [-0.15, -0.1) is 0 Å². The average Bonchev–Trinajstić information content (AvgIpc) is 2.38. The van der Waals surface area contributed by atoms with Crippen LogP contribution in [0.4, 0.5) is 0 Å². The Morgan fingerprint density at radius 2 is 2.06 bits per heavy atom. The first-order chi connectivity index (χ1) is 8.15. The number of hydrogen-bond donors (Lipinski definition) is 1. The molecule has 0 aliphatic heterocycles. The first-order valence-corrected chi connectivity index (χ1v) is 7.84. The van der Waals surface area contributed by atoms with Crippen molar-refractivity contribution in [3.63, 3.8) is 0 Å². The standard InChI is InChI=1S/C13H26N2OS/c1-11(8-14)9-17-10-13(16)15(2)12-6-4-3-5-7-12/h11-12H,3-10,14H2,1-2H3. The third kappa shape index (κ3) is 5.30. The summed E-state index contributed by atoms with van der Waals surface area (Å²) in [6.45, 7) is 2.84. The fourth-order valence-electron chi connectivity index (χ4n) is 2.19. The molecule has 0 aromatic heterocycles. The number of nitrogens with zero attached hydrogens (tertiary/aromatic N) is 1. The van der Waals surface area contributed by atoms with Crippen molar-refractivity contribution in [2.45, 2.75) is 45.1 Å². The van der Waals surface area contributed by atoms with Crippen molar-refractivity contribution in [1.29, 1.82) is 0 Å². The summed E-state index contributed by atoms with van der Waals surface area (Å²) in [5.41, 5.74) is 5.56. The van der Waals surface area contributed by atoms with Crippen LogP contribution in [0.25, 0.3) is 0 Å². The summed E-state index contributed by atoms with van der Waals surface area (Å²) in [6, 6.07) is 0.490. The van der Waals surface area contributed by atoms with E-state index in [0.717, 1.165) is 5.75 Å². The van der Waals surface area contributed by atoms with Crippen molar-refractivity contribution in [3.05, 3.63) is 0 Å². The van der Waals surface area contributed by atoms with Crippen LogP contribution in [0.15, 0.2) is 0 Å². The molecule has 1 fully saturated rings. The van der Waals surface area contributed by atoms with E-state index in [-0.39, 0.29) is 5.91 Å². The van der Waals surface area contributed by atoms with Crippen LogP contribution < -0.4 is 5.73 Å². The zero-order valence-electron chi connectivity index (χ0n) is 11.2. The van der Waals surface area contributed by atoms with E-state index in [9.17, 15) is 4.79 Å². The van der Waals surface area contributed by atoms with Crippen LogP contribution in [0.5, 0.6) is 0 Å². The second kappa shape index (κ2) is 7.98. The lowest BCUT2D eigenvalue weighted by Crippen LogP contribution is -2.39. The minimum atomic E-state index is 0.283. The zero-order chi connectivity index (χ0) is 12.7. The molecule has 0 heterocycles. The summed E-state index contributed by atoms with van der Waals surface area (Å²) in [7, 11) is 1.96. The lowest BCUT2D eigenvalue weighted by atomic mass is 9.94. The van der Waals surface area contributed by atoms with Crippen LogP contribution in [-0.2, 0) is 4.79 Å². The van der Waals surface area contributed by atoms with E-state index in [1.807, 2.05) is 11.9 Å². The molecule has 1 saturated carbocycles. The first-order valence-electron chi connectivity index (χ1n) is 6.68. The minimum absolute atomic E-state index is 0.283. The molecule has 0 saturated heterocycles. The van der Waals surface area contributed by atoms with E-state index >= 15 is 0 Å². The van der Waals surface area contributed by atoms with Gasteiger partial charge in [0.05, 0.1) is 5.75 Å². The Morgan fingerprint density at radius 3 is 2.65 bits per heavy atom. The van der Waals surface area contributed by atoms with Gasteiger partial charge in [0.25, 0.3) is 0 Å². The maximum Gasteiger partial charge on any atom is 0.232 e. The van der Waals surface area contributed by atoms with Gasteiger partial charge in [-0.25, -0.2) is 0 Å². The number of thioether (sulfide) groups is 1. The molecule has 100 valence electrons. The van der Waals surface area contributed by atoms with Crippen molar-refractivity contribution < 1.29 is 4.79 Å². The van der Waals surface area contributed by atoms with Gasteiger partial charge in [0.2, 0.25) is 5.91 Å². The van der Waals surface area contributed by atoms with Crippen molar-refractivity contribution >= 4 is 17.7 Å². The van der Waals surface area contributed by atoms with Gasteiger partial charge in [0.1, 0.15) is 0 Å². The average molecular weight is 258 g/mol. The van der Waals surface area contributed by atoms with Crippen LogP contribution in [0.2, 0.25) is 0 Å². The number of amides is 1. The van der Waals surface area contributed by atoms with Crippen LogP contribution in [0, 0.1) is 5.92 Å². The third-order valence-electron chi connectivity index (χ3n) is 3.55. The highest BCUT2D eigenvalue weighted by atomic mass is 32.2. The maximum absolute atomic E-state index is 12.0. The highest BCUT2D eigenvalue weighted by Gasteiger charge is 2.21. The predicted octanol–water partition coefficient (Wildman–Crippen LogP) is 2.11. The number of nitrogens with two attached hydrogens (primary N) is 1. The molecule has 0 bridgehead atoms. The van der Waals surface area contributed by atoms with Gasteiger partial charge in [-0.1, -0.05) is 26.2 Å². The highest BCUT2D eigenvalue weighted by molar-refractivity contribution is 7.99. The molecule has 1 aliphatic carbocycles. The quantitative estimate of drug-likeness (QED) is 0.793. The molecule has 3 nitrogen and oxygen atoms in total. The smallest absolute Gasteiger partial charge is 0.232 e. The lowest BCUT2D eigenvalue weighted by Gasteiger charge is -2.31. The molecule has 0 spiro atoms. The fourth-order valence-corrected chi connectivity index (χ4v) is 3.22. The summed E-state index contributed by atoms with van der Waals surface area (Å²) in [5, 5.41) is 0. The zero-order valence-corrected chi connectivity index (χ0v) is 12.0. The van der Waals surface area contributed by atoms with Crippen LogP contribution in [0.3, 0.4) is 0 Å². The Hall–Kier alpha value is -0.220. The molecule has 1 amide bonds. The summed E-state index contributed by atoms with van der Waals surface area (Å²) < 4.78 is 0. The summed E-state index contributed by atoms with van der Waals surface area (Å²) in [4.78, 5) is 14.0. The van der Waals surface area contributed by atoms with Crippen LogP contribution in [0.1, 0.15) is 39.0 Å². The second-order valence-corrected chi connectivity index (χ2v) is 6.18. The van der Waals surface area contributed by atoms with Crippen molar-refractivity contribution in [2.24, 2.45) is 11.7 Å². The van der Waals surface area contributed by atoms with Gasteiger partial charge in [0.15, 0.2) is 0 Å².